The van der Waals surface area contributed by atoms with Crippen molar-refractivity contribution in [2.24, 2.45) is 7.05 Å². The van der Waals surface area contributed by atoms with Crippen molar-refractivity contribution in [1.29, 1.82) is 0 Å². The molecule has 0 radical (unpaired) electrons. The predicted molar refractivity (Wildman–Crippen MR) is 94.3 cm³/mol. The third-order valence-electron chi connectivity index (χ3n) is 4.39. The smallest absolute Gasteiger partial charge is 0.264 e. The molecule has 25 heavy (non-hydrogen) atoms. The highest BCUT2D eigenvalue weighted by molar-refractivity contribution is 5.92. The molecule has 124 valence electrons. The maximum atomic E-state index is 12.6. The average molecular weight is 333 g/mol. The van der Waals surface area contributed by atoms with Gasteiger partial charge in [-0.25, -0.2) is 19.9 Å². The van der Waals surface area contributed by atoms with Crippen LogP contribution in [0.15, 0.2) is 35.8 Å². The number of H-pyrrole nitrogens is 1. The summed E-state index contributed by atoms with van der Waals surface area (Å²) in [4.78, 5) is 33.2. The zero-order valence-corrected chi connectivity index (χ0v) is 13.5. The first-order chi connectivity index (χ1) is 12.2. The maximum Gasteiger partial charge on any atom is 0.264 e. The van der Waals surface area contributed by atoms with Gasteiger partial charge in [0.05, 0.1) is 29.4 Å². The van der Waals surface area contributed by atoms with Gasteiger partial charge in [0, 0.05) is 24.8 Å². The lowest BCUT2D eigenvalue weighted by molar-refractivity contribution is 0.842. The fourth-order valence-electron chi connectivity index (χ4n) is 2.86. The molecule has 1 aliphatic rings. The number of imidazole rings is 1. The minimum atomic E-state index is -0.102. The van der Waals surface area contributed by atoms with E-state index >= 15 is 0 Å². The standard InChI is InChI=1S/C17H15N7O/c1-24-8-21-12-5-11(9-4-13-15(18-6-9)20-7-19-13)23-16(14(12)17(24)25)22-10-2-3-10/h4-8,10H,2-3H2,1H3,(H,22,23)(H,18,19,20). The van der Waals surface area contributed by atoms with E-state index in [0.29, 0.717) is 28.4 Å². The molecule has 0 saturated heterocycles. The van der Waals surface area contributed by atoms with E-state index in [-0.39, 0.29) is 5.56 Å². The summed E-state index contributed by atoms with van der Waals surface area (Å²) in [5, 5.41) is 3.89. The van der Waals surface area contributed by atoms with Crippen molar-refractivity contribution >= 4 is 27.9 Å². The van der Waals surface area contributed by atoms with Crippen LogP contribution in [0.3, 0.4) is 0 Å². The SMILES string of the molecule is Cn1cnc2cc(-c3cnc4nc[nH]c4c3)nc(NC3CC3)c2c1=O. The molecule has 1 saturated carbocycles. The van der Waals surface area contributed by atoms with Crippen molar-refractivity contribution in [1.82, 2.24) is 29.5 Å². The lowest BCUT2D eigenvalue weighted by Crippen LogP contribution is -2.19. The first kappa shape index (κ1) is 14.1. The van der Waals surface area contributed by atoms with E-state index < -0.39 is 0 Å². The zero-order valence-electron chi connectivity index (χ0n) is 13.5. The number of anilines is 1. The Balaban J connectivity index is 1.75. The molecule has 8 nitrogen and oxygen atoms in total. The minimum absolute atomic E-state index is 0.102. The maximum absolute atomic E-state index is 12.6. The van der Waals surface area contributed by atoms with E-state index in [2.05, 4.69) is 25.3 Å². The monoisotopic (exact) mass is 333 g/mol. The summed E-state index contributed by atoms with van der Waals surface area (Å²) < 4.78 is 1.47. The Bertz CT molecular complexity index is 1170. The molecule has 4 aromatic heterocycles. The summed E-state index contributed by atoms with van der Waals surface area (Å²) in [7, 11) is 1.69. The third kappa shape index (κ3) is 2.34. The Morgan fingerprint density at radius 1 is 1.24 bits per heavy atom. The van der Waals surface area contributed by atoms with Gasteiger partial charge in [0.1, 0.15) is 11.2 Å². The van der Waals surface area contributed by atoms with Crippen LogP contribution in [0, 0.1) is 0 Å². The van der Waals surface area contributed by atoms with Crippen molar-refractivity contribution < 1.29 is 0 Å². The predicted octanol–water partition coefficient (Wildman–Crippen LogP) is 1.84. The lowest BCUT2D eigenvalue weighted by Gasteiger charge is -2.11. The second kappa shape index (κ2) is 5.10. The molecule has 0 bridgehead atoms. The van der Waals surface area contributed by atoms with Gasteiger partial charge in [0.2, 0.25) is 0 Å². The summed E-state index contributed by atoms with van der Waals surface area (Å²) in [6.07, 6.45) is 7.07. The number of nitrogens with one attached hydrogen (secondary N) is 2. The molecular weight excluding hydrogens is 318 g/mol. The number of aromatic amines is 1. The largest absolute Gasteiger partial charge is 0.367 e. The molecular formula is C17H15N7O. The highest BCUT2D eigenvalue weighted by atomic mass is 16.1. The molecule has 5 rings (SSSR count). The van der Waals surface area contributed by atoms with Gasteiger partial charge in [-0.15, -0.1) is 0 Å². The molecule has 0 aromatic carbocycles. The molecule has 8 heteroatoms. The van der Waals surface area contributed by atoms with Gasteiger partial charge in [0.25, 0.3) is 5.56 Å². The number of hydrogen-bond donors (Lipinski definition) is 2. The molecule has 0 amide bonds. The first-order valence-electron chi connectivity index (χ1n) is 8.11. The topological polar surface area (TPSA) is 101 Å². The van der Waals surface area contributed by atoms with Crippen LogP contribution in [0.2, 0.25) is 0 Å². The molecule has 0 unspecified atom stereocenters. The fourth-order valence-corrected chi connectivity index (χ4v) is 2.86. The van der Waals surface area contributed by atoms with Crippen LogP contribution in [0.1, 0.15) is 12.8 Å². The van der Waals surface area contributed by atoms with Gasteiger partial charge in [-0.2, -0.15) is 0 Å². The van der Waals surface area contributed by atoms with Gasteiger partial charge in [-0.3, -0.25) is 4.79 Å². The third-order valence-corrected chi connectivity index (χ3v) is 4.39. The molecule has 0 spiro atoms. The minimum Gasteiger partial charge on any atom is -0.367 e. The van der Waals surface area contributed by atoms with Crippen molar-refractivity contribution in [2.75, 3.05) is 5.32 Å². The highest BCUT2D eigenvalue weighted by Crippen LogP contribution is 2.30. The Morgan fingerprint density at radius 2 is 2.12 bits per heavy atom. The van der Waals surface area contributed by atoms with Crippen molar-refractivity contribution in [2.45, 2.75) is 18.9 Å². The van der Waals surface area contributed by atoms with E-state index in [9.17, 15) is 4.79 Å². The number of pyridine rings is 2. The van der Waals surface area contributed by atoms with Gasteiger partial charge < -0.3 is 14.9 Å². The number of hydrogen-bond acceptors (Lipinski definition) is 6. The summed E-state index contributed by atoms with van der Waals surface area (Å²) in [5.41, 5.74) is 3.59. The number of nitrogens with zero attached hydrogens (tertiary/aromatic N) is 5. The molecule has 1 aliphatic carbocycles. The Morgan fingerprint density at radius 3 is 2.96 bits per heavy atom. The molecule has 4 heterocycles. The molecule has 0 atom stereocenters. The normalized spacial score (nSPS) is 14.3. The molecule has 4 aromatic rings. The van der Waals surface area contributed by atoms with E-state index in [4.69, 9.17) is 4.98 Å². The molecule has 0 aliphatic heterocycles. The van der Waals surface area contributed by atoms with Crippen LogP contribution in [-0.4, -0.2) is 35.5 Å². The van der Waals surface area contributed by atoms with Gasteiger partial charge in [0.15, 0.2) is 5.65 Å². The zero-order chi connectivity index (χ0) is 17.0. The Hall–Kier alpha value is -3.29. The quantitative estimate of drug-likeness (QED) is 0.593. The number of rotatable bonds is 3. The van der Waals surface area contributed by atoms with E-state index in [1.165, 1.54) is 10.9 Å². The van der Waals surface area contributed by atoms with Crippen molar-refractivity contribution in [3.05, 3.63) is 41.3 Å². The summed E-state index contributed by atoms with van der Waals surface area (Å²) in [6, 6.07) is 4.16. The lowest BCUT2D eigenvalue weighted by atomic mass is 10.1. The summed E-state index contributed by atoms with van der Waals surface area (Å²) in [6.45, 7) is 0. The number of fused-ring (bicyclic) bond motifs is 2. The average Bonchev–Trinajstić information content (AvgIpc) is 3.31. The highest BCUT2D eigenvalue weighted by Gasteiger charge is 2.24. The van der Waals surface area contributed by atoms with Crippen molar-refractivity contribution in [3.63, 3.8) is 0 Å². The second-order valence-corrected chi connectivity index (χ2v) is 6.33. The first-order valence-corrected chi connectivity index (χ1v) is 8.11. The van der Waals surface area contributed by atoms with Crippen LogP contribution in [0.5, 0.6) is 0 Å². The summed E-state index contributed by atoms with van der Waals surface area (Å²) >= 11 is 0. The molecule has 2 N–H and O–H groups in total. The number of aryl methyl sites for hydroxylation is 1. The van der Waals surface area contributed by atoms with Crippen LogP contribution < -0.4 is 10.9 Å². The second-order valence-electron chi connectivity index (χ2n) is 6.33. The number of aromatic nitrogens is 6. The van der Waals surface area contributed by atoms with E-state index in [0.717, 1.165) is 29.6 Å². The van der Waals surface area contributed by atoms with Gasteiger partial charge in [-0.05, 0) is 25.0 Å². The Labute approximate surface area is 142 Å². The summed E-state index contributed by atoms with van der Waals surface area (Å²) in [5.74, 6) is 0.591. The van der Waals surface area contributed by atoms with Crippen LogP contribution in [0.4, 0.5) is 5.82 Å². The fraction of sp³-hybridized carbons (Fsp3) is 0.235. The van der Waals surface area contributed by atoms with Crippen molar-refractivity contribution in [3.8, 4) is 11.3 Å². The van der Waals surface area contributed by atoms with Crippen LogP contribution in [-0.2, 0) is 7.05 Å². The van der Waals surface area contributed by atoms with E-state index in [1.807, 2.05) is 12.1 Å². The molecule has 1 fully saturated rings. The Kier molecular flexibility index (Phi) is 2.87. The van der Waals surface area contributed by atoms with Gasteiger partial charge in [-0.1, -0.05) is 0 Å². The van der Waals surface area contributed by atoms with Gasteiger partial charge >= 0.3 is 0 Å². The van der Waals surface area contributed by atoms with Crippen LogP contribution in [0.25, 0.3) is 33.3 Å². The van der Waals surface area contributed by atoms with Crippen LogP contribution >= 0.6 is 0 Å². The van der Waals surface area contributed by atoms with E-state index in [1.54, 1.807) is 19.6 Å².